The standard InChI is InChI=1S/C21H21N5O5/c1-2-12-3-7-14(8-4-12)23-21(30)26-20-17(18(22)29)24-19(25-20)13-5-9-15(10-6-13)31-11-16(27)28/h3-10H,2,11H2,1H3,(H2,22,29)(H,24,25)(H,27,28)(H2,23,26,30). The van der Waals surface area contributed by atoms with Crippen LogP contribution in [-0.2, 0) is 11.2 Å². The third-order valence-electron chi connectivity index (χ3n) is 4.29. The molecule has 160 valence electrons. The number of carbonyl (C=O) groups is 3. The Bertz CT molecular complexity index is 1090. The van der Waals surface area contributed by atoms with Gasteiger partial charge in [-0.1, -0.05) is 19.1 Å². The van der Waals surface area contributed by atoms with E-state index in [-0.39, 0.29) is 11.5 Å². The van der Waals surface area contributed by atoms with Crippen LogP contribution in [0.3, 0.4) is 0 Å². The van der Waals surface area contributed by atoms with E-state index in [1.807, 2.05) is 19.1 Å². The lowest BCUT2D eigenvalue weighted by molar-refractivity contribution is -0.139. The van der Waals surface area contributed by atoms with Crippen molar-refractivity contribution in [1.29, 1.82) is 0 Å². The number of carboxylic acid groups (broad SMARTS) is 1. The Kier molecular flexibility index (Phi) is 6.51. The summed E-state index contributed by atoms with van der Waals surface area (Å²) in [5, 5.41) is 13.8. The smallest absolute Gasteiger partial charge is 0.341 e. The summed E-state index contributed by atoms with van der Waals surface area (Å²) in [7, 11) is 0. The quantitative estimate of drug-likeness (QED) is 0.374. The molecule has 0 fully saturated rings. The van der Waals surface area contributed by atoms with Crippen LogP contribution in [0.25, 0.3) is 11.4 Å². The van der Waals surface area contributed by atoms with Crippen molar-refractivity contribution in [3.8, 4) is 17.1 Å². The summed E-state index contributed by atoms with van der Waals surface area (Å²) in [5.41, 5.74) is 7.64. The molecule has 31 heavy (non-hydrogen) atoms. The van der Waals surface area contributed by atoms with E-state index in [1.165, 1.54) is 0 Å². The summed E-state index contributed by atoms with van der Waals surface area (Å²) in [5.74, 6) is -1.24. The molecule has 0 radical (unpaired) electrons. The van der Waals surface area contributed by atoms with Gasteiger partial charge in [0.25, 0.3) is 5.91 Å². The third-order valence-corrected chi connectivity index (χ3v) is 4.29. The Hall–Kier alpha value is -4.34. The van der Waals surface area contributed by atoms with Gasteiger partial charge >= 0.3 is 12.0 Å². The van der Waals surface area contributed by atoms with E-state index in [0.29, 0.717) is 22.8 Å². The number of benzene rings is 2. The Morgan fingerprint density at radius 2 is 1.74 bits per heavy atom. The van der Waals surface area contributed by atoms with Gasteiger partial charge < -0.3 is 25.9 Å². The zero-order valence-corrected chi connectivity index (χ0v) is 16.6. The van der Waals surface area contributed by atoms with Crippen LogP contribution >= 0.6 is 0 Å². The third kappa shape index (κ3) is 5.60. The van der Waals surface area contributed by atoms with E-state index in [4.69, 9.17) is 15.6 Å². The zero-order chi connectivity index (χ0) is 22.4. The first-order chi connectivity index (χ1) is 14.9. The van der Waals surface area contributed by atoms with Gasteiger partial charge in [-0.15, -0.1) is 0 Å². The van der Waals surface area contributed by atoms with E-state index >= 15 is 0 Å². The zero-order valence-electron chi connectivity index (χ0n) is 16.6. The number of primary amides is 1. The van der Waals surface area contributed by atoms with Crippen LogP contribution in [0.2, 0.25) is 0 Å². The molecule has 6 N–H and O–H groups in total. The second kappa shape index (κ2) is 9.44. The highest BCUT2D eigenvalue weighted by Gasteiger charge is 2.18. The highest BCUT2D eigenvalue weighted by Crippen LogP contribution is 2.24. The molecule has 0 unspecified atom stereocenters. The van der Waals surface area contributed by atoms with E-state index in [1.54, 1.807) is 36.4 Å². The first-order valence-electron chi connectivity index (χ1n) is 9.37. The molecule has 1 aromatic heterocycles. The number of nitrogens with one attached hydrogen (secondary N) is 3. The highest BCUT2D eigenvalue weighted by atomic mass is 16.5. The summed E-state index contributed by atoms with van der Waals surface area (Å²) >= 11 is 0. The van der Waals surface area contributed by atoms with Gasteiger partial charge in [0.2, 0.25) is 0 Å². The largest absolute Gasteiger partial charge is 0.482 e. The van der Waals surface area contributed by atoms with Crippen molar-refractivity contribution in [2.75, 3.05) is 17.2 Å². The maximum absolute atomic E-state index is 12.3. The summed E-state index contributed by atoms with van der Waals surface area (Å²) in [4.78, 5) is 41.7. The number of aryl methyl sites for hydroxylation is 1. The van der Waals surface area contributed by atoms with Gasteiger partial charge in [0.05, 0.1) is 0 Å². The number of carbonyl (C=O) groups excluding carboxylic acids is 2. The van der Waals surface area contributed by atoms with Gasteiger partial charge in [0.15, 0.2) is 12.4 Å². The van der Waals surface area contributed by atoms with Gasteiger partial charge in [-0.25, -0.2) is 14.6 Å². The number of hydrogen-bond acceptors (Lipinski definition) is 5. The number of carboxylic acids is 1. The number of rotatable bonds is 8. The van der Waals surface area contributed by atoms with Crippen molar-refractivity contribution in [1.82, 2.24) is 9.97 Å². The van der Waals surface area contributed by atoms with Gasteiger partial charge in [0.1, 0.15) is 17.3 Å². The molecule has 10 heteroatoms. The molecule has 0 aliphatic rings. The Balaban J connectivity index is 1.74. The van der Waals surface area contributed by atoms with E-state index in [0.717, 1.165) is 12.0 Å². The molecule has 3 amide bonds. The first-order valence-corrected chi connectivity index (χ1v) is 9.37. The van der Waals surface area contributed by atoms with Crippen LogP contribution in [0, 0.1) is 0 Å². The molecule has 0 saturated carbocycles. The molecule has 1 heterocycles. The summed E-state index contributed by atoms with van der Waals surface area (Å²) in [6, 6.07) is 13.1. The molecule has 0 bridgehead atoms. The number of ether oxygens (including phenoxy) is 1. The number of nitrogens with zero attached hydrogens (tertiary/aromatic N) is 1. The number of aliphatic carboxylic acids is 1. The number of anilines is 2. The monoisotopic (exact) mass is 423 g/mol. The Labute approximate surface area is 177 Å². The minimum Gasteiger partial charge on any atom is -0.482 e. The molecule has 10 nitrogen and oxygen atoms in total. The number of imidazole rings is 1. The number of hydrogen-bond donors (Lipinski definition) is 5. The molecular weight excluding hydrogens is 402 g/mol. The second-order valence-corrected chi connectivity index (χ2v) is 6.51. The van der Waals surface area contributed by atoms with Crippen molar-refractivity contribution in [2.24, 2.45) is 5.73 Å². The second-order valence-electron chi connectivity index (χ2n) is 6.51. The fourth-order valence-electron chi connectivity index (χ4n) is 2.73. The number of aromatic amines is 1. The minimum absolute atomic E-state index is 0.0172. The lowest BCUT2D eigenvalue weighted by Crippen LogP contribution is -2.22. The van der Waals surface area contributed by atoms with Gasteiger partial charge in [-0.2, -0.15) is 0 Å². The maximum Gasteiger partial charge on any atom is 0.341 e. The molecule has 0 spiro atoms. The van der Waals surface area contributed by atoms with Crippen LogP contribution in [0.5, 0.6) is 5.75 Å². The fourth-order valence-corrected chi connectivity index (χ4v) is 2.73. The summed E-state index contributed by atoms with van der Waals surface area (Å²) in [6.07, 6.45) is 0.886. The summed E-state index contributed by atoms with van der Waals surface area (Å²) < 4.78 is 5.08. The summed E-state index contributed by atoms with van der Waals surface area (Å²) in [6.45, 7) is 1.57. The van der Waals surface area contributed by atoms with Crippen LogP contribution in [-0.4, -0.2) is 39.6 Å². The lowest BCUT2D eigenvalue weighted by Gasteiger charge is -2.07. The number of aromatic nitrogens is 2. The van der Waals surface area contributed by atoms with Crippen LogP contribution in [0.1, 0.15) is 23.0 Å². The van der Waals surface area contributed by atoms with Crippen molar-refractivity contribution in [3.05, 3.63) is 59.8 Å². The molecule has 0 aliphatic heterocycles. The average Bonchev–Trinajstić information content (AvgIpc) is 3.17. The number of amides is 3. The van der Waals surface area contributed by atoms with Crippen LogP contribution < -0.4 is 21.1 Å². The molecule has 3 aromatic rings. The van der Waals surface area contributed by atoms with Gasteiger partial charge in [-0.05, 0) is 48.4 Å². The predicted molar refractivity (Wildman–Crippen MR) is 114 cm³/mol. The number of nitrogens with two attached hydrogens (primary N) is 1. The van der Waals surface area contributed by atoms with Crippen molar-refractivity contribution < 1.29 is 24.2 Å². The first kappa shape index (κ1) is 21.4. The predicted octanol–water partition coefficient (Wildman–Crippen LogP) is 2.85. The minimum atomic E-state index is -1.09. The van der Waals surface area contributed by atoms with Gasteiger partial charge in [-0.3, -0.25) is 10.1 Å². The fraction of sp³-hybridized carbons (Fsp3) is 0.143. The van der Waals surface area contributed by atoms with Crippen molar-refractivity contribution in [2.45, 2.75) is 13.3 Å². The van der Waals surface area contributed by atoms with Gasteiger partial charge in [0, 0.05) is 11.3 Å². The molecule has 0 aliphatic carbocycles. The van der Waals surface area contributed by atoms with Crippen molar-refractivity contribution >= 4 is 29.4 Å². The lowest BCUT2D eigenvalue weighted by atomic mass is 10.1. The molecular formula is C21H21N5O5. The molecule has 2 aromatic carbocycles. The Morgan fingerprint density at radius 1 is 1.06 bits per heavy atom. The molecule has 3 rings (SSSR count). The number of urea groups is 1. The van der Waals surface area contributed by atoms with E-state index < -0.39 is 24.5 Å². The number of H-pyrrole nitrogens is 1. The van der Waals surface area contributed by atoms with Crippen molar-refractivity contribution in [3.63, 3.8) is 0 Å². The van der Waals surface area contributed by atoms with E-state index in [2.05, 4.69) is 20.6 Å². The molecule has 0 atom stereocenters. The SMILES string of the molecule is CCc1ccc(NC(=O)Nc2nc(-c3ccc(OCC(=O)O)cc3)[nH]c2C(N)=O)cc1. The highest BCUT2D eigenvalue weighted by molar-refractivity contribution is 6.04. The topological polar surface area (TPSA) is 159 Å². The normalized spacial score (nSPS) is 10.4. The molecule has 0 saturated heterocycles. The van der Waals surface area contributed by atoms with Crippen LogP contribution in [0.4, 0.5) is 16.3 Å². The van der Waals surface area contributed by atoms with Crippen LogP contribution in [0.15, 0.2) is 48.5 Å². The Morgan fingerprint density at radius 3 is 2.32 bits per heavy atom. The van der Waals surface area contributed by atoms with E-state index in [9.17, 15) is 14.4 Å². The maximum atomic E-state index is 12.3. The average molecular weight is 423 g/mol.